The van der Waals surface area contributed by atoms with Crippen LogP contribution in [-0.4, -0.2) is 68.2 Å². The first-order valence-corrected chi connectivity index (χ1v) is 14.5. The van der Waals surface area contributed by atoms with Crippen molar-refractivity contribution in [3.05, 3.63) is 71.8 Å². The van der Waals surface area contributed by atoms with Crippen molar-refractivity contribution in [3.63, 3.8) is 0 Å². The number of fused-ring (bicyclic) bond motifs is 1. The van der Waals surface area contributed by atoms with E-state index in [9.17, 15) is 0 Å². The highest BCUT2D eigenvalue weighted by Crippen LogP contribution is 2.41. The van der Waals surface area contributed by atoms with E-state index in [1.807, 2.05) is 57.2 Å². The Hall–Kier alpha value is -1.88. The van der Waals surface area contributed by atoms with Crippen molar-refractivity contribution in [2.45, 2.75) is 115 Å². The molecular weight excluding hydrogens is 512 g/mol. The van der Waals surface area contributed by atoms with Gasteiger partial charge in [-0.3, -0.25) is 0 Å². The third-order valence-corrected chi connectivity index (χ3v) is 8.07. The largest absolute Gasteiger partial charge is 0.370 e. The summed E-state index contributed by atoms with van der Waals surface area (Å²) in [7, 11) is 1.61. The van der Waals surface area contributed by atoms with Crippen LogP contribution in [0.25, 0.3) is 0 Å². The molecule has 0 aliphatic carbocycles. The minimum absolute atomic E-state index is 0.0677. The average molecular weight is 557 g/mol. The first-order valence-electron chi connectivity index (χ1n) is 14.5. The fraction of sp³-hybridized carbons (Fsp3) is 0.625. The van der Waals surface area contributed by atoms with Crippen molar-refractivity contribution in [2.24, 2.45) is 5.92 Å². The third-order valence-electron chi connectivity index (χ3n) is 8.07. The van der Waals surface area contributed by atoms with Gasteiger partial charge >= 0.3 is 0 Å². The van der Waals surface area contributed by atoms with E-state index >= 15 is 0 Å². The van der Waals surface area contributed by atoms with Crippen LogP contribution in [0.2, 0.25) is 0 Å². The summed E-state index contributed by atoms with van der Waals surface area (Å²) in [4.78, 5) is 0. The van der Waals surface area contributed by atoms with Gasteiger partial charge in [0.1, 0.15) is 24.4 Å². The molecule has 2 aromatic carbocycles. The highest BCUT2D eigenvalue weighted by atomic mass is 16.8. The summed E-state index contributed by atoms with van der Waals surface area (Å²) in [6, 6.07) is 20.3. The molecule has 2 aromatic rings. The van der Waals surface area contributed by atoms with Crippen molar-refractivity contribution in [1.82, 2.24) is 0 Å². The third kappa shape index (κ3) is 6.61. The summed E-state index contributed by atoms with van der Waals surface area (Å²) in [5.74, 6) is -0.704. The normalized spacial score (nSPS) is 37.2. The van der Waals surface area contributed by atoms with E-state index in [0.717, 1.165) is 17.5 Å². The van der Waals surface area contributed by atoms with Gasteiger partial charge in [0.25, 0.3) is 0 Å². The van der Waals surface area contributed by atoms with E-state index in [1.54, 1.807) is 7.11 Å². The Balaban J connectivity index is 1.41. The van der Waals surface area contributed by atoms with Crippen LogP contribution >= 0.6 is 0 Å². The molecule has 8 nitrogen and oxygen atoms in total. The number of rotatable bonds is 10. The molecule has 0 bridgehead atoms. The molecule has 3 saturated heterocycles. The summed E-state index contributed by atoms with van der Waals surface area (Å²) in [6.07, 6.45) is -2.87. The maximum atomic E-state index is 6.80. The fourth-order valence-corrected chi connectivity index (χ4v) is 6.02. The highest BCUT2D eigenvalue weighted by Gasteiger charge is 2.57. The Morgan fingerprint density at radius 3 is 1.88 bits per heavy atom. The molecule has 0 aromatic heterocycles. The van der Waals surface area contributed by atoms with Crippen molar-refractivity contribution >= 4 is 0 Å². The van der Waals surface area contributed by atoms with Gasteiger partial charge in [0.05, 0.1) is 31.5 Å². The molecule has 0 amide bonds. The van der Waals surface area contributed by atoms with Gasteiger partial charge in [-0.15, -0.1) is 0 Å². The second-order valence-corrected chi connectivity index (χ2v) is 11.4. The lowest BCUT2D eigenvalue weighted by Crippen LogP contribution is -2.62. The van der Waals surface area contributed by atoms with E-state index in [2.05, 4.69) is 38.1 Å². The molecule has 5 rings (SSSR count). The van der Waals surface area contributed by atoms with Gasteiger partial charge in [-0.05, 0) is 38.3 Å². The minimum atomic E-state index is -0.792. The smallest absolute Gasteiger partial charge is 0.187 e. The molecule has 3 heterocycles. The summed E-state index contributed by atoms with van der Waals surface area (Å²) in [5.41, 5.74) is 2.18. The SMILES string of the molecule is CC[C@H]1OC(O[C@@H]2[C@H]3OC(C)(C)O[C@H]3[C@@H](OC)O[C@H]2C)[C@H](OCc2ccccc2)[C@@H](OCc2ccccc2)[C@@H]1C. The number of methoxy groups -OCH3 is 1. The Bertz CT molecular complexity index is 1050. The molecular formula is C32H44O8. The summed E-state index contributed by atoms with van der Waals surface area (Å²) < 4.78 is 51.0. The predicted octanol–water partition coefficient (Wildman–Crippen LogP) is 5.22. The van der Waals surface area contributed by atoms with Crippen LogP contribution in [0.1, 0.15) is 52.2 Å². The Morgan fingerprint density at radius 2 is 1.30 bits per heavy atom. The zero-order valence-electron chi connectivity index (χ0n) is 24.4. The molecule has 220 valence electrons. The highest BCUT2D eigenvalue weighted by molar-refractivity contribution is 5.14. The Labute approximate surface area is 238 Å². The first-order chi connectivity index (χ1) is 19.3. The maximum Gasteiger partial charge on any atom is 0.187 e. The topological polar surface area (TPSA) is 73.8 Å². The molecule has 8 heteroatoms. The van der Waals surface area contributed by atoms with Gasteiger partial charge in [-0.2, -0.15) is 0 Å². The minimum Gasteiger partial charge on any atom is -0.370 e. The van der Waals surface area contributed by atoms with Crippen molar-refractivity contribution in [3.8, 4) is 0 Å². The van der Waals surface area contributed by atoms with Crippen LogP contribution in [0, 0.1) is 5.92 Å². The molecule has 0 spiro atoms. The van der Waals surface area contributed by atoms with Gasteiger partial charge in [-0.25, -0.2) is 0 Å². The standard InChI is InChI=1S/C32H44O8/c1-7-24-20(2)25(34-18-22-14-10-8-11-15-22)28(35-19-23-16-12-9-13-17-23)31(37-24)38-26-21(3)36-30(33-6)29-27(26)39-32(4,5)40-29/h8-17,20-21,24-31H,7,18-19H2,1-6H3/t20-,21+,24-,25+,26+,27-,28-,29-,30+,31?/m1/s1. The van der Waals surface area contributed by atoms with Crippen LogP contribution in [-0.2, 0) is 51.1 Å². The van der Waals surface area contributed by atoms with E-state index in [1.165, 1.54) is 0 Å². The van der Waals surface area contributed by atoms with E-state index in [0.29, 0.717) is 13.2 Å². The van der Waals surface area contributed by atoms with Crippen molar-refractivity contribution < 1.29 is 37.9 Å². The van der Waals surface area contributed by atoms with Crippen LogP contribution < -0.4 is 0 Å². The summed E-state index contributed by atoms with van der Waals surface area (Å²) in [6.45, 7) is 10.9. The lowest BCUT2D eigenvalue weighted by Gasteiger charge is -2.48. The lowest BCUT2D eigenvalue weighted by atomic mass is 9.88. The second kappa shape index (κ2) is 13.0. The van der Waals surface area contributed by atoms with Gasteiger partial charge in [-0.1, -0.05) is 74.5 Å². The zero-order valence-corrected chi connectivity index (χ0v) is 24.4. The molecule has 0 saturated carbocycles. The molecule has 3 aliphatic rings. The van der Waals surface area contributed by atoms with E-state index in [-0.39, 0.29) is 24.2 Å². The summed E-state index contributed by atoms with van der Waals surface area (Å²) >= 11 is 0. The predicted molar refractivity (Wildman–Crippen MR) is 148 cm³/mol. The number of ether oxygens (including phenoxy) is 8. The van der Waals surface area contributed by atoms with Gasteiger partial charge in [0.2, 0.25) is 0 Å². The Morgan fingerprint density at radius 1 is 0.725 bits per heavy atom. The average Bonchev–Trinajstić information content (AvgIpc) is 3.29. The van der Waals surface area contributed by atoms with Gasteiger partial charge < -0.3 is 37.9 Å². The van der Waals surface area contributed by atoms with Crippen molar-refractivity contribution in [1.29, 1.82) is 0 Å². The zero-order chi connectivity index (χ0) is 28.3. The number of hydrogen-bond acceptors (Lipinski definition) is 8. The van der Waals surface area contributed by atoms with Gasteiger partial charge in [0, 0.05) is 13.0 Å². The molecule has 1 unspecified atom stereocenters. The molecule has 40 heavy (non-hydrogen) atoms. The molecule has 0 radical (unpaired) electrons. The monoisotopic (exact) mass is 556 g/mol. The van der Waals surface area contributed by atoms with Crippen LogP contribution in [0.5, 0.6) is 0 Å². The quantitative estimate of drug-likeness (QED) is 0.394. The van der Waals surface area contributed by atoms with E-state index < -0.39 is 42.8 Å². The van der Waals surface area contributed by atoms with Gasteiger partial charge in [0.15, 0.2) is 18.4 Å². The fourth-order valence-electron chi connectivity index (χ4n) is 6.02. The van der Waals surface area contributed by atoms with E-state index in [4.69, 9.17) is 37.9 Å². The first kappa shape index (κ1) is 29.6. The second-order valence-electron chi connectivity index (χ2n) is 11.4. The van der Waals surface area contributed by atoms with Crippen LogP contribution in [0.3, 0.4) is 0 Å². The molecule has 10 atom stereocenters. The molecule has 3 aliphatic heterocycles. The molecule has 0 N–H and O–H groups in total. The molecule has 3 fully saturated rings. The summed E-state index contributed by atoms with van der Waals surface area (Å²) in [5, 5.41) is 0. The maximum absolute atomic E-state index is 6.80. The van der Waals surface area contributed by atoms with Crippen LogP contribution in [0.15, 0.2) is 60.7 Å². The Kier molecular flexibility index (Phi) is 9.60. The van der Waals surface area contributed by atoms with Crippen molar-refractivity contribution in [2.75, 3.05) is 7.11 Å². The lowest BCUT2D eigenvalue weighted by molar-refractivity contribution is -0.346. The number of hydrogen-bond donors (Lipinski definition) is 0. The van der Waals surface area contributed by atoms with Crippen LogP contribution in [0.4, 0.5) is 0 Å². The number of benzene rings is 2.